The van der Waals surface area contributed by atoms with E-state index in [0.717, 1.165) is 10.9 Å². The first-order chi connectivity index (χ1) is 12.6. The number of nitrogens with two attached hydrogens (primary N) is 1. The van der Waals surface area contributed by atoms with E-state index >= 15 is 0 Å². The number of pyridine rings is 1. The number of aromatic carboxylic acids is 1. The maximum absolute atomic E-state index is 12.1. The minimum absolute atomic E-state index is 0.243. The van der Waals surface area contributed by atoms with Crippen LogP contribution in [0.5, 0.6) is 0 Å². The Morgan fingerprint density at radius 2 is 2.23 bits per heavy atom. The Balaban J connectivity index is 1.93. The molecule has 0 atom stereocenters. The van der Waals surface area contributed by atoms with Gasteiger partial charge in [-0.25, -0.2) is 4.79 Å². The van der Waals surface area contributed by atoms with E-state index in [1.807, 2.05) is 18.2 Å². The molecule has 2 aromatic heterocycles. The van der Waals surface area contributed by atoms with Gasteiger partial charge in [0, 0.05) is 36.0 Å². The molecule has 0 amide bonds. The molecule has 0 spiro atoms. The van der Waals surface area contributed by atoms with E-state index in [4.69, 9.17) is 15.3 Å². The fraction of sp³-hybridized carbons (Fsp3) is 0.105. The summed E-state index contributed by atoms with van der Waals surface area (Å²) in [6, 6.07) is 7.00. The number of nitrogens with zero attached hydrogens (tertiary/aromatic N) is 2. The number of hydrogen-bond donors (Lipinski definition) is 2. The normalized spacial score (nSPS) is 13.4. The average molecular weight is 349 g/mol. The molecule has 130 valence electrons. The van der Waals surface area contributed by atoms with E-state index in [2.05, 4.69) is 4.99 Å². The van der Waals surface area contributed by atoms with Crippen LogP contribution in [0.3, 0.4) is 0 Å². The highest BCUT2D eigenvalue weighted by Crippen LogP contribution is 2.40. The molecular formula is C19H15N3O4. The number of aryl methyl sites for hydroxylation is 2. The second kappa shape index (κ2) is 6.03. The van der Waals surface area contributed by atoms with Crippen LogP contribution in [-0.4, -0.2) is 21.9 Å². The fourth-order valence-corrected chi connectivity index (χ4v) is 3.23. The first kappa shape index (κ1) is 15.9. The van der Waals surface area contributed by atoms with Gasteiger partial charge in [-0.1, -0.05) is 12.1 Å². The minimum atomic E-state index is -1.23. The number of carbonyl (C=O) groups is 1. The number of carboxylic acid groups (broad SMARTS) is 1. The zero-order chi connectivity index (χ0) is 18.3. The smallest absolute Gasteiger partial charge is 0.341 e. The SMILES string of the molecule is N/C=C\C=Nc1cccc2c3c(oc12)-c1cc(=O)c(C(=O)O)cn1CC3. The average Bonchev–Trinajstić information content (AvgIpc) is 3.01. The van der Waals surface area contributed by atoms with Crippen LogP contribution in [0.15, 0.2) is 56.9 Å². The third kappa shape index (κ3) is 2.41. The molecule has 7 nitrogen and oxygen atoms in total. The lowest BCUT2D eigenvalue weighted by Crippen LogP contribution is -2.21. The molecule has 4 rings (SSSR count). The van der Waals surface area contributed by atoms with E-state index in [1.165, 1.54) is 18.5 Å². The summed E-state index contributed by atoms with van der Waals surface area (Å²) in [5.41, 5.74) is 7.39. The lowest BCUT2D eigenvalue weighted by atomic mass is 10.0. The van der Waals surface area contributed by atoms with Gasteiger partial charge in [-0.05, 0) is 24.8 Å². The van der Waals surface area contributed by atoms with E-state index in [1.54, 1.807) is 16.9 Å². The monoisotopic (exact) mass is 349 g/mol. The molecule has 0 saturated heterocycles. The molecule has 0 bridgehead atoms. The predicted molar refractivity (Wildman–Crippen MR) is 98.1 cm³/mol. The molecule has 0 fully saturated rings. The number of benzene rings is 1. The van der Waals surface area contributed by atoms with Crippen LogP contribution in [0, 0.1) is 0 Å². The number of hydrogen-bond acceptors (Lipinski definition) is 5. The van der Waals surface area contributed by atoms with Crippen molar-refractivity contribution in [2.45, 2.75) is 13.0 Å². The van der Waals surface area contributed by atoms with Gasteiger partial charge in [0.2, 0.25) is 0 Å². The van der Waals surface area contributed by atoms with E-state index < -0.39 is 11.4 Å². The molecule has 1 aromatic carbocycles. The lowest BCUT2D eigenvalue weighted by Gasteiger charge is -2.18. The second-order valence-corrected chi connectivity index (χ2v) is 5.91. The van der Waals surface area contributed by atoms with Crippen LogP contribution >= 0.6 is 0 Å². The predicted octanol–water partition coefficient (Wildman–Crippen LogP) is 2.69. The van der Waals surface area contributed by atoms with Crippen LogP contribution < -0.4 is 11.2 Å². The quantitative estimate of drug-likeness (QED) is 0.706. The number of furan rings is 1. The topological polar surface area (TPSA) is 111 Å². The van der Waals surface area contributed by atoms with Gasteiger partial charge in [-0.15, -0.1) is 0 Å². The van der Waals surface area contributed by atoms with Crippen molar-refractivity contribution >= 4 is 28.8 Å². The summed E-state index contributed by atoms with van der Waals surface area (Å²) in [5, 5.41) is 10.1. The first-order valence-electron chi connectivity index (χ1n) is 8.03. The zero-order valence-electron chi connectivity index (χ0n) is 13.7. The number of allylic oxidation sites excluding steroid dienone is 1. The summed E-state index contributed by atoms with van der Waals surface area (Å²) >= 11 is 0. The Morgan fingerprint density at radius 1 is 1.38 bits per heavy atom. The Labute approximate surface area is 147 Å². The Morgan fingerprint density at radius 3 is 3.00 bits per heavy atom. The van der Waals surface area contributed by atoms with Gasteiger partial charge in [0.25, 0.3) is 0 Å². The van der Waals surface area contributed by atoms with E-state index in [-0.39, 0.29) is 5.56 Å². The summed E-state index contributed by atoms with van der Waals surface area (Å²) in [4.78, 5) is 27.7. The Hall–Kier alpha value is -3.61. The summed E-state index contributed by atoms with van der Waals surface area (Å²) in [6.45, 7) is 0.570. The van der Waals surface area contributed by atoms with Crippen molar-refractivity contribution < 1.29 is 14.3 Å². The lowest BCUT2D eigenvalue weighted by molar-refractivity contribution is 0.0694. The van der Waals surface area contributed by atoms with Gasteiger partial charge in [0.05, 0.1) is 5.69 Å². The fourth-order valence-electron chi connectivity index (χ4n) is 3.23. The van der Waals surface area contributed by atoms with Gasteiger partial charge in [0.1, 0.15) is 11.3 Å². The zero-order valence-corrected chi connectivity index (χ0v) is 13.7. The largest absolute Gasteiger partial charge is 0.477 e. The van der Waals surface area contributed by atoms with Crippen molar-refractivity contribution in [3.05, 3.63) is 64.1 Å². The molecule has 7 heteroatoms. The highest BCUT2D eigenvalue weighted by atomic mass is 16.4. The maximum Gasteiger partial charge on any atom is 0.341 e. The van der Waals surface area contributed by atoms with Crippen LogP contribution in [0.1, 0.15) is 15.9 Å². The third-order valence-corrected chi connectivity index (χ3v) is 4.40. The summed E-state index contributed by atoms with van der Waals surface area (Å²) in [5.74, 6) is -0.650. The maximum atomic E-state index is 12.1. The minimum Gasteiger partial charge on any atom is -0.477 e. The molecule has 0 aliphatic carbocycles. The number of rotatable bonds is 3. The number of para-hydroxylation sites is 1. The molecule has 3 N–H and O–H groups in total. The molecule has 0 saturated carbocycles. The second-order valence-electron chi connectivity index (χ2n) is 5.91. The van der Waals surface area contributed by atoms with Crippen molar-refractivity contribution in [3.8, 4) is 11.5 Å². The summed E-state index contributed by atoms with van der Waals surface area (Å²) in [6.07, 6.45) is 6.63. The molecule has 3 heterocycles. The molecule has 26 heavy (non-hydrogen) atoms. The van der Waals surface area contributed by atoms with Gasteiger partial charge in [-0.3, -0.25) is 9.79 Å². The van der Waals surface area contributed by atoms with Crippen molar-refractivity contribution in [3.63, 3.8) is 0 Å². The highest BCUT2D eigenvalue weighted by molar-refractivity contribution is 5.96. The number of fused-ring (bicyclic) bond motifs is 5. The molecule has 3 aromatic rings. The van der Waals surface area contributed by atoms with Crippen molar-refractivity contribution in [2.75, 3.05) is 0 Å². The van der Waals surface area contributed by atoms with Crippen LogP contribution in [-0.2, 0) is 13.0 Å². The molecular weight excluding hydrogens is 334 g/mol. The number of aromatic nitrogens is 1. The summed E-state index contributed by atoms with van der Waals surface area (Å²) in [7, 11) is 0. The van der Waals surface area contributed by atoms with Crippen molar-refractivity contribution in [1.29, 1.82) is 0 Å². The van der Waals surface area contributed by atoms with Gasteiger partial charge in [-0.2, -0.15) is 0 Å². The van der Waals surface area contributed by atoms with Crippen LogP contribution in [0.4, 0.5) is 5.69 Å². The van der Waals surface area contributed by atoms with Gasteiger partial charge < -0.3 is 19.8 Å². The Bertz CT molecular complexity index is 1150. The Kier molecular flexibility index (Phi) is 3.69. The van der Waals surface area contributed by atoms with Crippen LogP contribution in [0.2, 0.25) is 0 Å². The third-order valence-electron chi connectivity index (χ3n) is 4.40. The van der Waals surface area contributed by atoms with Gasteiger partial charge >= 0.3 is 5.97 Å². The van der Waals surface area contributed by atoms with Crippen LogP contribution in [0.25, 0.3) is 22.4 Å². The summed E-state index contributed by atoms with van der Waals surface area (Å²) < 4.78 is 7.80. The first-order valence-corrected chi connectivity index (χ1v) is 8.03. The standard InChI is InChI=1S/C19H15N3O4/c20-6-2-7-21-14-4-1-3-11-12-5-8-22-10-13(19(24)25)16(23)9-15(22)18(12)26-17(11)14/h1-4,6-7,9-10H,5,8,20H2,(H,24,25)/b6-2-,21-7?. The van der Waals surface area contributed by atoms with Crippen molar-refractivity contribution in [1.82, 2.24) is 4.57 Å². The van der Waals surface area contributed by atoms with Gasteiger partial charge in [0.15, 0.2) is 16.8 Å². The van der Waals surface area contributed by atoms with Crippen molar-refractivity contribution in [2.24, 2.45) is 10.7 Å². The molecule has 1 aliphatic rings. The highest BCUT2D eigenvalue weighted by Gasteiger charge is 2.25. The molecule has 1 aliphatic heterocycles. The number of carboxylic acids is 1. The molecule has 0 radical (unpaired) electrons. The van der Waals surface area contributed by atoms with E-state index in [9.17, 15) is 9.59 Å². The molecule has 0 unspecified atom stereocenters. The number of aliphatic imine (C=N–C) groups is 1. The van der Waals surface area contributed by atoms with E-state index in [0.29, 0.717) is 35.7 Å².